The van der Waals surface area contributed by atoms with E-state index in [2.05, 4.69) is 15.3 Å². The highest BCUT2D eigenvalue weighted by atomic mass is 19.4. The molecule has 0 saturated heterocycles. The van der Waals surface area contributed by atoms with Crippen LogP contribution in [0.25, 0.3) is 16.9 Å². The Bertz CT molecular complexity index is 1560. The van der Waals surface area contributed by atoms with Crippen molar-refractivity contribution >= 4 is 30.6 Å². The number of nitrogens with zero attached hydrogens (tertiary/aromatic N) is 3. The Morgan fingerprint density at radius 2 is 1.95 bits per heavy atom. The van der Waals surface area contributed by atoms with E-state index in [9.17, 15) is 27.2 Å². The minimum absolute atomic E-state index is 0.206. The fraction of sp³-hybridized carbons (Fsp3) is 0.286. The van der Waals surface area contributed by atoms with E-state index in [4.69, 9.17) is 5.73 Å². The average Bonchev–Trinajstić information content (AvgIpc) is 3.50. The van der Waals surface area contributed by atoms with Gasteiger partial charge in [-0.1, -0.05) is 17.8 Å². The van der Waals surface area contributed by atoms with E-state index in [0.717, 1.165) is 17.5 Å². The number of rotatable bonds is 6. The van der Waals surface area contributed by atoms with E-state index >= 15 is 0 Å². The number of nitrogens with two attached hydrogens (primary N) is 1. The third kappa shape index (κ3) is 5.62. The van der Waals surface area contributed by atoms with Gasteiger partial charge in [0.2, 0.25) is 5.91 Å². The van der Waals surface area contributed by atoms with Gasteiger partial charge in [-0.05, 0) is 74.0 Å². The molecule has 4 aromatic rings. The van der Waals surface area contributed by atoms with Crippen LogP contribution < -0.4 is 16.5 Å². The van der Waals surface area contributed by atoms with E-state index in [1.165, 1.54) is 37.4 Å². The Labute approximate surface area is 229 Å². The Morgan fingerprint density at radius 3 is 2.52 bits per heavy atom. The summed E-state index contributed by atoms with van der Waals surface area (Å²) in [5.41, 5.74) is 8.34. The number of aryl methyl sites for hydroxylation is 1. The van der Waals surface area contributed by atoms with Gasteiger partial charge in [0.15, 0.2) is 13.6 Å². The highest BCUT2D eigenvalue weighted by Crippen LogP contribution is 2.39. The fourth-order valence-corrected chi connectivity index (χ4v) is 4.72. The van der Waals surface area contributed by atoms with E-state index in [1.54, 1.807) is 20.4 Å². The number of halogens is 4. The molecule has 3 N–H and O–H groups in total. The second-order valence-electron chi connectivity index (χ2n) is 9.83. The number of alkyl halides is 3. The van der Waals surface area contributed by atoms with Crippen LogP contribution in [0.4, 0.5) is 17.6 Å². The summed E-state index contributed by atoms with van der Waals surface area (Å²) in [5.74, 6) is -2.95. The number of pyridine rings is 2. The van der Waals surface area contributed by atoms with Gasteiger partial charge in [-0.15, -0.1) is 0 Å². The van der Waals surface area contributed by atoms with E-state index in [-0.39, 0.29) is 24.3 Å². The first-order valence-electron chi connectivity index (χ1n) is 12.4. The molecule has 0 aliphatic carbocycles. The molecule has 0 fully saturated rings. The number of likely N-dealkylation sites (N-methyl/N-ethyl adjacent to an activating group) is 1. The number of amides is 1. The lowest BCUT2D eigenvalue weighted by molar-refractivity contribution is -0.150. The summed E-state index contributed by atoms with van der Waals surface area (Å²) in [7, 11) is 3.17. The van der Waals surface area contributed by atoms with Gasteiger partial charge in [0.05, 0.1) is 16.8 Å². The largest absolute Gasteiger partial charge is 0.398 e. The number of primary amides is 1. The molecule has 1 amide bonds. The zero-order valence-electron chi connectivity index (χ0n) is 22.1. The van der Waals surface area contributed by atoms with Gasteiger partial charge >= 0.3 is 6.18 Å². The number of benzene rings is 1. The van der Waals surface area contributed by atoms with Crippen LogP contribution in [0.15, 0.2) is 54.9 Å². The van der Waals surface area contributed by atoms with Crippen LogP contribution in [0.5, 0.6) is 0 Å². The highest BCUT2D eigenvalue weighted by Gasteiger charge is 2.45. The van der Waals surface area contributed by atoms with Crippen LogP contribution in [-0.2, 0) is 10.2 Å². The van der Waals surface area contributed by atoms with Crippen LogP contribution in [0, 0.1) is 12.7 Å². The first-order valence-corrected chi connectivity index (χ1v) is 12.4. The second kappa shape index (κ2) is 11.2. The summed E-state index contributed by atoms with van der Waals surface area (Å²) in [5, 5.41) is 2.54. The van der Waals surface area contributed by atoms with Crippen LogP contribution in [-0.4, -0.2) is 53.6 Å². The molecule has 1 aromatic carbocycles. The summed E-state index contributed by atoms with van der Waals surface area (Å²) in [6.07, 6.45) is 0.0829. The Morgan fingerprint density at radius 1 is 1.25 bits per heavy atom. The lowest BCUT2D eigenvalue weighted by Crippen LogP contribution is -2.38. The van der Waals surface area contributed by atoms with Crippen molar-refractivity contribution < 1.29 is 27.2 Å². The molecule has 1 aliphatic rings. The topological polar surface area (TPSA) is 102 Å². The first-order chi connectivity index (χ1) is 18.9. The second-order valence-corrected chi connectivity index (χ2v) is 9.83. The fourth-order valence-electron chi connectivity index (χ4n) is 4.72. The molecule has 1 aliphatic heterocycles. The van der Waals surface area contributed by atoms with E-state index in [1.807, 2.05) is 29.7 Å². The van der Waals surface area contributed by atoms with Crippen LogP contribution in [0.1, 0.15) is 40.2 Å². The normalized spacial score (nSPS) is 17.0. The van der Waals surface area contributed by atoms with E-state index in [0.29, 0.717) is 22.3 Å². The molecular formula is C28H27BF4N5O2. The Hall–Kier alpha value is -4.06. The molecule has 2 atom stereocenters. The number of hydrogen-bond acceptors (Lipinski definition) is 5. The minimum atomic E-state index is -4.53. The van der Waals surface area contributed by atoms with E-state index < -0.39 is 29.2 Å². The zero-order valence-corrected chi connectivity index (χ0v) is 22.1. The van der Waals surface area contributed by atoms with Crippen molar-refractivity contribution in [3.05, 3.63) is 83.2 Å². The molecule has 2 unspecified atom stereocenters. The van der Waals surface area contributed by atoms with Crippen LogP contribution >= 0.6 is 0 Å². The molecule has 3 aromatic heterocycles. The lowest BCUT2D eigenvalue weighted by Gasteiger charge is -2.26. The predicted octanol–water partition coefficient (Wildman–Crippen LogP) is 3.71. The SMILES string of the molecule is CNCC(c1cc2c(c(-c3ccc(F)cc3)n1)[B]CC2(C)C(N)=O)C(F)(F)F.Cc1cccn2cc(C=O)nc12. The summed E-state index contributed by atoms with van der Waals surface area (Å²) >= 11 is 0. The molecular weight excluding hydrogens is 525 g/mol. The number of carbonyl (C=O) groups is 2. The molecule has 0 bridgehead atoms. The smallest absolute Gasteiger partial charge is 0.369 e. The molecule has 5 rings (SSSR count). The molecule has 12 heteroatoms. The van der Waals surface area contributed by atoms with Crippen molar-refractivity contribution in [2.24, 2.45) is 5.73 Å². The molecule has 0 spiro atoms. The van der Waals surface area contributed by atoms with Gasteiger partial charge in [0.1, 0.15) is 23.1 Å². The van der Waals surface area contributed by atoms with Crippen molar-refractivity contribution in [2.75, 3.05) is 13.6 Å². The van der Waals surface area contributed by atoms with Gasteiger partial charge in [-0.25, -0.2) is 9.37 Å². The number of imidazole rings is 1. The third-order valence-corrected chi connectivity index (χ3v) is 7.03. The van der Waals surface area contributed by atoms with Crippen molar-refractivity contribution in [2.45, 2.75) is 37.7 Å². The lowest BCUT2D eigenvalue weighted by atomic mass is 9.68. The van der Waals surface area contributed by atoms with Gasteiger partial charge in [-0.2, -0.15) is 13.2 Å². The summed E-state index contributed by atoms with van der Waals surface area (Å²) in [6.45, 7) is 3.21. The van der Waals surface area contributed by atoms with Crippen molar-refractivity contribution in [1.29, 1.82) is 0 Å². The molecule has 4 heterocycles. The van der Waals surface area contributed by atoms with Crippen molar-refractivity contribution in [3.63, 3.8) is 0 Å². The maximum Gasteiger partial charge on any atom is 0.398 e. The van der Waals surface area contributed by atoms with Gasteiger partial charge in [0.25, 0.3) is 0 Å². The minimum Gasteiger partial charge on any atom is -0.369 e. The van der Waals surface area contributed by atoms with Crippen molar-refractivity contribution in [3.8, 4) is 11.3 Å². The Balaban J connectivity index is 0.000000255. The first kappa shape index (κ1) is 28.9. The maximum absolute atomic E-state index is 13.7. The zero-order chi connectivity index (χ0) is 29.2. The number of fused-ring (bicyclic) bond motifs is 2. The molecule has 1 radical (unpaired) electrons. The van der Waals surface area contributed by atoms with Crippen LogP contribution in [0.3, 0.4) is 0 Å². The molecule has 7 nitrogen and oxygen atoms in total. The molecule has 207 valence electrons. The Kier molecular flexibility index (Phi) is 8.11. The predicted molar refractivity (Wildman–Crippen MR) is 144 cm³/mol. The third-order valence-electron chi connectivity index (χ3n) is 7.03. The summed E-state index contributed by atoms with van der Waals surface area (Å²) in [6, 6.07) is 10.6. The molecule has 0 saturated carbocycles. The highest BCUT2D eigenvalue weighted by molar-refractivity contribution is 6.59. The van der Waals surface area contributed by atoms with Gasteiger partial charge < -0.3 is 15.5 Å². The average molecular weight is 552 g/mol. The monoisotopic (exact) mass is 552 g/mol. The van der Waals surface area contributed by atoms with Crippen molar-refractivity contribution in [1.82, 2.24) is 19.7 Å². The quantitative estimate of drug-likeness (QED) is 0.216. The summed E-state index contributed by atoms with van der Waals surface area (Å²) < 4.78 is 56.1. The number of nitrogens with one attached hydrogen (secondary N) is 1. The number of aromatic nitrogens is 3. The van der Waals surface area contributed by atoms with Crippen LogP contribution in [0.2, 0.25) is 6.32 Å². The van der Waals surface area contributed by atoms with Gasteiger partial charge in [0, 0.05) is 18.9 Å². The standard InChI is InChI=1S/C19H19BF4N3O.C9H8N2O/c1-18(17(25)28)9-20-15-12(18)7-14(13(8-26-2)19(22,23)24)27-16(15)10-3-5-11(21)6-4-10;1-7-3-2-4-11-5-8(6-12)10-9(7)11/h3-7,13,26H,8-9H2,1-2H3,(H2,25,28);2-6H,1H3. The number of carbonyl (C=O) groups excluding carboxylic acids is 2. The maximum atomic E-state index is 13.7. The molecule has 40 heavy (non-hydrogen) atoms. The number of hydrogen-bond donors (Lipinski definition) is 2. The number of aldehydes is 1. The summed E-state index contributed by atoms with van der Waals surface area (Å²) in [4.78, 5) is 30.9. The van der Waals surface area contributed by atoms with Gasteiger partial charge in [-0.3, -0.25) is 14.6 Å².